The number of hydrazine groups is 1. The Bertz CT molecular complexity index is 645. The Labute approximate surface area is 119 Å². The molecule has 2 rings (SSSR count). The van der Waals surface area contributed by atoms with Gasteiger partial charge in [0.2, 0.25) is 0 Å². The Kier molecular flexibility index (Phi) is 3.85. The third-order valence-electron chi connectivity index (χ3n) is 2.10. The highest BCUT2D eigenvalue weighted by atomic mass is 35.5. The molecule has 0 bridgehead atoms. The number of nitrogens with zero attached hydrogens (tertiary/aromatic N) is 2. The molecule has 1 aliphatic heterocycles. The number of benzene rings is 1. The first-order valence-electron chi connectivity index (χ1n) is 4.88. The second kappa shape index (κ2) is 5.25. The van der Waals surface area contributed by atoms with Gasteiger partial charge in [0.25, 0.3) is 0 Å². The molecule has 1 aromatic carbocycles. The number of hydrogen-bond donors (Lipinski definition) is 3. The Morgan fingerprint density at radius 2 is 1.89 bits per heavy atom. The number of hydrazone groups is 1. The largest absolute Gasteiger partial charge is 0.380 e. The summed E-state index contributed by atoms with van der Waals surface area (Å²) in [4.78, 5) is 0. The van der Waals surface area contributed by atoms with Crippen LogP contribution >= 0.6 is 23.2 Å². The van der Waals surface area contributed by atoms with E-state index < -0.39 is 10.3 Å². The Morgan fingerprint density at radius 3 is 2.47 bits per heavy atom. The fraction of sp³-hybridized carbons (Fsp3) is 0. The van der Waals surface area contributed by atoms with Gasteiger partial charge in [0, 0.05) is 5.69 Å². The van der Waals surface area contributed by atoms with Crippen molar-refractivity contribution in [1.82, 2.24) is 9.95 Å². The standard InChI is InChI=1S/C9H8Cl2N4O3S/c10-7-8(11)13-14-15(19(16,17)18)9(7)12-6-4-2-1-3-5-6/h1-5,12,14H,(H,16,17,18). The maximum absolute atomic E-state index is 11.2. The molecule has 3 N–H and O–H groups in total. The van der Waals surface area contributed by atoms with Crippen LogP contribution in [0.2, 0.25) is 0 Å². The van der Waals surface area contributed by atoms with Gasteiger partial charge in [-0.1, -0.05) is 41.4 Å². The molecule has 0 aromatic heterocycles. The van der Waals surface area contributed by atoms with Crippen molar-refractivity contribution in [1.29, 1.82) is 0 Å². The van der Waals surface area contributed by atoms with Gasteiger partial charge in [0.05, 0.1) is 0 Å². The van der Waals surface area contributed by atoms with E-state index in [9.17, 15) is 8.42 Å². The molecule has 1 aliphatic rings. The Hall–Kier alpha value is -1.48. The van der Waals surface area contributed by atoms with Gasteiger partial charge in [-0.15, -0.1) is 9.52 Å². The predicted octanol–water partition coefficient (Wildman–Crippen LogP) is 1.68. The molecule has 10 heteroatoms. The van der Waals surface area contributed by atoms with Crippen LogP contribution in [0.3, 0.4) is 0 Å². The minimum atomic E-state index is -4.60. The van der Waals surface area contributed by atoms with Crippen molar-refractivity contribution < 1.29 is 13.0 Å². The maximum atomic E-state index is 11.2. The lowest BCUT2D eigenvalue weighted by molar-refractivity contribution is 0.332. The third kappa shape index (κ3) is 3.10. The second-order valence-corrected chi connectivity index (χ2v) is 5.40. The topological polar surface area (TPSA) is 94.0 Å². The molecule has 0 saturated carbocycles. The molecule has 0 spiro atoms. The van der Waals surface area contributed by atoms with Gasteiger partial charge in [-0.3, -0.25) is 4.55 Å². The molecule has 0 atom stereocenters. The summed E-state index contributed by atoms with van der Waals surface area (Å²) in [5.41, 5.74) is 2.61. The first-order chi connectivity index (χ1) is 8.89. The highest BCUT2D eigenvalue weighted by molar-refractivity contribution is 7.83. The molecule has 0 unspecified atom stereocenters. The molecule has 0 saturated heterocycles. The van der Waals surface area contributed by atoms with Crippen molar-refractivity contribution in [2.45, 2.75) is 0 Å². The molecule has 1 aromatic rings. The van der Waals surface area contributed by atoms with Crippen LogP contribution in [0.25, 0.3) is 0 Å². The van der Waals surface area contributed by atoms with E-state index in [1.54, 1.807) is 30.3 Å². The smallest absolute Gasteiger partial charge is 0.338 e. The lowest BCUT2D eigenvalue weighted by Gasteiger charge is -2.27. The number of halogens is 2. The maximum Gasteiger partial charge on any atom is 0.380 e. The van der Waals surface area contributed by atoms with E-state index in [-0.39, 0.29) is 16.0 Å². The van der Waals surface area contributed by atoms with E-state index >= 15 is 0 Å². The molecule has 0 fully saturated rings. The molecule has 0 aliphatic carbocycles. The van der Waals surface area contributed by atoms with Gasteiger partial charge in [-0.05, 0) is 12.1 Å². The van der Waals surface area contributed by atoms with Crippen molar-refractivity contribution in [3.8, 4) is 0 Å². The zero-order chi connectivity index (χ0) is 14.0. The summed E-state index contributed by atoms with van der Waals surface area (Å²) in [6.45, 7) is 0. The SMILES string of the molecule is O=S(=O)(O)N1NN=C(Cl)C(Cl)=C1Nc1ccccc1. The fourth-order valence-corrected chi connectivity index (χ4v) is 2.17. The molecule has 7 nitrogen and oxygen atoms in total. The van der Waals surface area contributed by atoms with Crippen molar-refractivity contribution >= 4 is 44.4 Å². The van der Waals surface area contributed by atoms with Crippen LogP contribution < -0.4 is 10.9 Å². The Balaban J connectivity index is 2.41. The van der Waals surface area contributed by atoms with Gasteiger partial charge in [0.1, 0.15) is 5.03 Å². The zero-order valence-corrected chi connectivity index (χ0v) is 11.5. The van der Waals surface area contributed by atoms with Crippen LogP contribution in [0.1, 0.15) is 0 Å². The number of hydrogen-bond acceptors (Lipinski definition) is 5. The summed E-state index contributed by atoms with van der Waals surface area (Å²) in [5.74, 6) is -0.157. The summed E-state index contributed by atoms with van der Waals surface area (Å²) >= 11 is 11.6. The van der Waals surface area contributed by atoms with E-state index in [1.165, 1.54) is 0 Å². The van der Waals surface area contributed by atoms with Crippen LogP contribution in [0.5, 0.6) is 0 Å². The van der Waals surface area contributed by atoms with Crippen molar-refractivity contribution in [2.75, 3.05) is 5.32 Å². The van der Waals surface area contributed by atoms with Crippen LogP contribution in [-0.4, -0.2) is 22.6 Å². The normalized spacial score (nSPS) is 15.9. The van der Waals surface area contributed by atoms with Crippen LogP contribution in [0.15, 0.2) is 46.3 Å². The number of rotatable bonds is 3. The zero-order valence-electron chi connectivity index (χ0n) is 9.21. The van der Waals surface area contributed by atoms with E-state index in [2.05, 4.69) is 16.0 Å². The summed E-state index contributed by atoms with van der Waals surface area (Å²) in [5, 5.41) is 5.87. The summed E-state index contributed by atoms with van der Waals surface area (Å²) in [6, 6.07) is 8.62. The number of para-hydroxylation sites is 1. The molecule has 19 heavy (non-hydrogen) atoms. The lowest BCUT2D eigenvalue weighted by Crippen LogP contribution is -2.44. The fourth-order valence-electron chi connectivity index (χ4n) is 1.31. The minimum absolute atomic E-state index is 0.139. The van der Waals surface area contributed by atoms with Gasteiger partial charge in [-0.25, -0.2) is 0 Å². The number of anilines is 1. The van der Waals surface area contributed by atoms with Gasteiger partial charge < -0.3 is 5.32 Å². The van der Waals surface area contributed by atoms with Crippen LogP contribution in [0, 0.1) is 0 Å². The van der Waals surface area contributed by atoms with Crippen molar-refractivity contribution in [3.05, 3.63) is 41.2 Å². The predicted molar refractivity (Wildman–Crippen MR) is 72.8 cm³/mol. The molecular weight excluding hydrogens is 315 g/mol. The van der Waals surface area contributed by atoms with Crippen molar-refractivity contribution in [3.63, 3.8) is 0 Å². The first-order valence-corrected chi connectivity index (χ1v) is 7.03. The molecular formula is C9H8Cl2N4O3S. The monoisotopic (exact) mass is 322 g/mol. The molecule has 102 valence electrons. The summed E-state index contributed by atoms with van der Waals surface area (Å²) < 4.78 is 31.9. The van der Waals surface area contributed by atoms with E-state index in [0.717, 1.165) is 0 Å². The van der Waals surface area contributed by atoms with Gasteiger partial charge in [-0.2, -0.15) is 14.0 Å². The number of allylic oxidation sites excluding steroid dienone is 1. The van der Waals surface area contributed by atoms with Crippen LogP contribution in [0.4, 0.5) is 5.69 Å². The second-order valence-electron chi connectivity index (χ2n) is 3.40. The lowest BCUT2D eigenvalue weighted by atomic mass is 10.3. The van der Waals surface area contributed by atoms with Crippen LogP contribution in [-0.2, 0) is 10.3 Å². The van der Waals surface area contributed by atoms with Gasteiger partial charge >= 0.3 is 10.3 Å². The van der Waals surface area contributed by atoms with Crippen molar-refractivity contribution in [2.24, 2.45) is 5.10 Å². The van der Waals surface area contributed by atoms with E-state index in [0.29, 0.717) is 10.1 Å². The highest BCUT2D eigenvalue weighted by Gasteiger charge is 2.29. The minimum Gasteiger partial charge on any atom is -0.338 e. The Morgan fingerprint density at radius 1 is 1.26 bits per heavy atom. The molecule has 0 radical (unpaired) electrons. The summed E-state index contributed by atoms with van der Waals surface area (Å²) in [6.07, 6.45) is 0. The molecule has 0 amide bonds. The quantitative estimate of drug-likeness (QED) is 0.736. The molecule has 1 heterocycles. The average Bonchev–Trinajstić information content (AvgIpc) is 2.35. The summed E-state index contributed by atoms with van der Waals surface area (Å²) in [7, 11) is -4.60. The van der Waals surface area contributed by atoms with E-state index in [1.807, 2.05) is 0 Å². The third-order valence-corrected chi connectivity index (χ3v) is 3.55. The highest BCUT2D eigenvalue weighted by Crippen LogP contribution is 2.24. The average molecular weight is 323 g/mol. The number of nitrogens with one attached hydrogen (secondary N) is 2. The first kappa shape index (κ1) is 13.9. The van der Waals surface area contributed by atoms with E-state index in [4.69, 9.17) is 27.8 Å². The van der Waals surface area contributed by atoms with Gasteiger partial charge in [0.15, 0.2) is 11.0 Å².